The van der Waals surface area contributed by atoms with Crippen molar-refractivity contribution in [3.05, 3.63) is 0 Å². The molecule has 2 heteroatoms. The van der Waals surface area contributed by atoms with Gasteiger partial charge in [-0.25, -0.2) is 0 Å². The van der Waals surface area contributed by atoms with E-state index in [1.54, 1.807) is 0 Å². The van der Waals surface area contributed by atoms with Crippen LogP contribution in [0.4, 0.5) is 0 Å². The lowest BCUT2D eigenvalue weighted by Crippen LogP contribution is -2.43. The van der Waals surface area contributed by atoms with Crippen LogP contribution in [0.2, 0.25) is 0 Å². The Balaban J connectivity index is 2.50. The quantitative estimate of drug-likeness (QED) is 0.659. The van der Waals surface area contributed by atoms with Crippen molar-refractivity contribution in [3.8, 4) is 0 Å². The fourth-order valence-electron chi connectivity index (χ4n) is 2.81. The molecule has 0 aliphatic carbocycles. The molecule has 0 radical (unpaired) electrons. The van der Waals surface area contributed by atoms with E-state index in [0.717, 1.165) is 11.2 Å². The first-order chi connectivity index (χ1) is 7.69. The van der Waals surface area contributed by atoms with E-state index in [1.165, 1.54) is 51.7 Å². The minimum atomic E-state index is 0.510. The van der Waals surface area contributed by atoms with Crippen LogP contribution >= 0.6 is 15.9 Å². The topological polar surface area (TPSA) is 3.24 Å². The summed E-state index contributed by atoms with van der Waals surface area (Å²) in [5.41, 5.74) is 0.510. The molecule has 0 spiro atoms. The average Bonchev–Trinajstić information content (AvgIpc) is 2.36. The number of halogens is 1. The first-order valence-corrected chi connectivity index (χ1v) is 8.10. The fraction of sp³-hybridized carbons (Fsp3) is 1.00. The first-order valence-electron chi connectivity index (χ1n) is 6.98. The minimum Gasteiger partial charge on any atom is -0.302 e. The van der Waals surface area contributed by atoms with Crippen LogP contribution < -0.4 is 0 Å². The number of hydrogen-bond donors (Lipinski definition) is 0. The Hall–Kier alpha value is 0.440. The van der Waals surface area contributed by atoms with Gasteiger partial charge in [0.1, 0.15) is 0 Å². The summed E-state index contributed by atoms with van der Waals surface area (Å²) in [6, 6.07) is 0. The van der Waals surface area contributed by atoms with Gasteiger partial charge in [-0.1, -0.05) is 43.1 Å². The van der Waals surface area contributed by atoms with Gasteiger partial charge in [0.2, 0.25) is 0 Å². The van der Waals surface area contributed by atoms with Crippen molar-refractivity contribution >= 4 is 15.9 Å². The van der Waals surface area contributed by atoms with E-state index in [9.17, 15) is 0 Å². The highest BCUT2D eigenvalue weighted by atomic mass is 79.9. The van der Waals surface area contributed by atoms with Crippen molar-refractivity contribution in [2.75, 3.05) is 25.0 Å². The van der Waals surface area contributed by atoms with Gasteiger partial charge in [-0.05, 0) is 43.6 Å². The van der Waals surface area contributed by atoms with Gasteiger partial charge in [0, 0.05) is 18.4 Å². The number of hydrogen-bond acceptors (Lipinski definition) is 1. The van der Waals surface area contributed by atoms with E-state index in [-0.39, 0.29) is 0 Å². The number of nitrogens with zero attached hydrogens (tertiary/aromatic N) is 1. The summed E-state index contributed by atoms with van der Waals surface area (Å²) < 4.78 is 0. The molecule has 1 atom stereocenters. The molecule has 1 fully saturated rings. The summed E-state index contributed by atoms with van der Waals surface area (Å²) in [4.78, 5) is 2.71. The molecule has 0 aromatic heterocycles. The molecule has 1 nitrogen and oxygen atoms in total. The van der Waals surface area contributed by atoms with Gasteiger partial charge in [0.15, 0.2) is 0 Å². The third-order valence-corrected chi connectivity index (χ3v) is 5.71. The van der Waals surface area contributed by atoms with Crippen molar-refractivity contribution in [2.24, 2.45) is 11.3 Å². The molecule has 0 aromatic carbocycles. The summed E-state index contributed by atoms with van der Waals surface area (Å²) in [6.07, 6.45) is 6.80. The van der Waals surface area contributed by atoms with Gasteiger partial charge in [-0.2, -0.15) is 0 Å². The number of piperidine rings is 1. The third kappa shape index (κ3) is 3.73. The van der Waals surface area contributed by atoms with Crippen LogP contribution in [0.3, 0.4) is 0 Å². The van der Waals surface area contributed by atoms with Gasteiger partial charge in [-0.15, -0.1) is 0 Å². The van der Waals surface area contributed by atoms with Crippen molar-refractivity contribution in [2.45, 2.75) is 52.9 Å². The second-order valence-electron chi connectivity index (χ2n) is 5.49. The van der Waals surface area contributed by atoms with Gasteiger partial charge in [0.05, 0.1) is 0 Å². The smallest absolute Gasteiger partial charge is 0.01000 e. The maximum absolute atomic E-state index is 3.73. The molecule has 96 valence electrons. The summed E-state index contributed by atoms with van der Waals surface area (Å²) in [6.45, 7) is 11.0. The van der Waals surface area contributed by atoms with Crippen molar-refractivity contribution in [1.82, 2.24) is 4.90 Å². The van der Waals surface area contributed by atoms with Gasteiger partial charge >= 0.3 is 0 Å². The van der Waals surface area contributed by atoms with Crippen LogP contribution in [0.15, 0.2) is 0 Å². The second kappa shape index (κ2) is 7.00. The van der Waals surface area contributed by atoms with Crippen LogP contribution in [0.5, 0.6) is 0 Å². The zero-order chi connectivity index (χ0) is 12.0. The van der Waals surface area contributed by atoms with E-state index < -0.39 is 0 Å². The Kier molecular flexibility index (Phi) is 6.35. The summed E-state index contributed by atoms with van der Waals surface area (Å²) in [7, 11) is 0. The predicted molar refractivity (Wildman–Crippen MR) is 76.3 cm³/mol. The summed E-state index contributed by atoms with van der Waals surface area (Å²) in [5, 5.41) is 1.15. The molecule has 16 heavy (non-hydrogen) atoms. The van der Waals surface area contributed by atoms with Crippen LogP contribution in [-0.2, 0) is 0 Å². The largest absolute Gasteiger partial charge is 0.302 e. The van der Waals surface area contributed by atoms with Crippen molar-refractivity contribution in [1.29, 1.82) is 0 Å². The molecule has 1 saturated heterocycles. The summed E-state index contributed by atoms with van der Waals surface area (Å²) >= 11 is 3.73. The van der Waals surface area contributed by atoms with E-state index in [1.807, 2.05) is 0 Å². The Morgan fingerprint density at radius 3 is 2.44 bits per heavy atom. The number of likely N-dealkylation sites (tertiary alicyclic amines) is 1. The molecule has 0 saturated carbocycles. The maximum Gasteiger partial charge on any atom is 0.01000 e. The van der Waals surface area contributed by atoms with Crippen LogP contribution in [-0.4, -0.2) is 29.9 Å². The molecule has 0 aromatic rings. The zero-order valence-electron chi connectivity index (χ0n) is 11.3. The molecule has 0 N–H and O–H groups in total. The lowest BCUT2D eigenvalue weighted by atomic mass is 9.83. The molecular weight excluding hydrogens is 262 g/mol. The zero-order valence-corrected chi connectivity index (χ0v) is 12.9. The van der Waals surface area contributed by atoms with Crippen molar-refractivity contribution < 1.29 is 0 Å². The van der Waals surface area contributed by atoms with Crippen molar-refractivity contribution in [3.63, 3.8) is 0 Å². The molecule has 0 amide bonds. The van der Waals surface area contributed by atoms with Crippen LogP contribution in [0, 0.1) is 11.3 Å². The lowest BCUT2D eigenvalue weighted by molar-refractivity contribution is 0.108. The Labute approximate surface area is 110 Å². The molecular formula is C14H28BrN. The first kappa shape index (κ1) is 14.5. The predicted octanol–water partition coefficient (Wildman–Crippen LogP) is 4.31. The monoisotopic (exact) mass is 289 g/mol. The second-order valence-corrected chi connectivity index (χ2v) is 6.05. The van der Waals surface area contributed by atoms with Crippen LogP contribution in [0.25, 0.3) is 0 Å². The minimum absolute atomic E-state index is 0.510. The number of rotatable bonds is 6. The maximum atomic E-state index is 3.73. The highest BCUT2D eigenvalue weighted by molar-refractivity contribution is 9.09. The van der Waals surface area contributed by atoms with E-state index >= 15 is 0 Å². The molecule has 0 bridgehead atoms. The van der Waals surface area contributed by atoms with Gasteiger partial charge < -0.3 is 4.90 Å². The Morgan fingerprint density at radius 2 is 1.94 bits per heavy atom. The average molecular weight is 290 g/mol. The molecule has 1 aliphatic heterocycles. The fourth-order valence-corrected chi connectivity index (χ4v) is 3.78. The Bertz CT molecular complexity index is 181. The molecule has 1 rings (SSSR count). The van der Waals surface area contributed by atoms with E-state index in [2.05, 4.69) is 41.6 Å². The lowest BCUT2D eigenvalue weighted by Gasteiger charge is -2.40. The Morgan fingerprint density at radius 1 is 1.25 bits per heavy atom. The highest BCUT2D eigenvalue weighted by Crippen LogP contribution is 2.31. The third-order valence-electron chi connectivity index (χ3n) is 4.52. The standard InChI is InChI=1S/C14H28BrN/c1-4-13-8-7-9-16(10-13)12-14(5-2,6-3)11-15/h13H,4-12H2,1-3H3. The van der Waals surface area contributed by atoms with E-state index in [4.69, 9.17) is 0 Å². The molecule has 1 aliphatic rings. The van der Waals surface area contributed by atoms with Gasteiger partial charge in [0.25, 0.3) is 0 Å². The number of alkyl halides is 1. The normalized spacial score (nSPS) is 23.6. The molecule has 1 heterocycles. The van der Waals surface area contributed by atoms with Crippen LogP contribution in [0.1, 0.15) is 52.9 Å². The SMILES string of the molecule is CCC1CCCN(CC(CC)(CC)CBr)C1. The van der Waals surface area contributed by atoms with E-state index in [0.29, 0.717) is 5.41 Å². The summed E-state index contributed by atoms with van der Waals surface area (Å²) in [5.74, 6) is 0.954. The highest BCUT2D eigenvalue weighted by Gasteiger charge is 2.29. The van der Waals surface area contributed by atoms with Gasteiger partial charge in [-0.3, -0.25) is 0 Å². The molecule has 1 unspecified atom stereocenters.